The second kappa shape index (κ2) is 4.58. The normalized spacial score (nSPS) is 6.50. The summed E-state index contributed by atoms with van der Waals surface area (Å²) < 4.78 is 0. The lowest BCUT2D eigenvalue weighted by Crippen LogP contribution is -1.64. The van der Waals surface area contributed by atoms with E-state index in [0.717, 1.165) is 0 Å². The van der Waals surface area contributed by atoms with Gasteiger partial charge < -0.3 is 0 Å². The van der Waals surface area contributed by atoms with E-state index in [4.69, 9.17) is 5.26 Å². The van der Waals surface area contributed by atoms with Crippen LogP contribution in [0.25, 0.3) is 0 Å². The Morgan fingerprint density at radius 3 is 2.33 bits per heavy atom. The van der Waals surface area contributed by atoms with E-state index in [0.29, 0.717) is 12.8 Å². The van der Waals surface area contributed by atoms with Gasteiger partial charge in [-0.05, 0) is 6.42 Å². The highest BCUT2D eigenvalue weighted by molar-refractivity contribution is 7.78. The Hall–Kier alpha value is -0.420. The van der Waals surface area contributed by atoms with Gasteiger partial charge in [0.15, 0.2) is 0 Å². The first-order chi connectivity index (χ1) is 2.91. The summed E-state index contributed by atoms with van der Waals surface area (Å²) >= 11 is 4.32. The van der Waals surface area contributed by atoms with E-state index in [1.54, 1.807) is 0 Å². The van der Waals surface area contributed by atoms with E-state index in [1.807, 2.05) is 6.07 Å². The molecule has 2 heteroatoms. The minimum Gasteiger partial charge on any atom is -0.198 e. The molecule has 0 bridgehead atoms. The Bertz CT molecular complexity index is 72.1. The number of nitrogens with zero attached hydrogens (tertiary/aromatic N) is 1. The summed E-state index contributed by atoms with van der Waals surface area (Å²) in [5, 5.41) is 10.3. The van der Waals surface area contributed by atoms with Crippen molar-refractivity contribution >= 4 is 17.6 Å². The zero-order valence-corrected chi connectivity index (χ0v) is 4.09. The SMILES string of the molecule is N#CCC[C]=S. The summed E-state index contributed by atoms with van der Waals surface area (Å²) in [5.41, 5.74) is 0. The second-order valence-electron chi connectivity index (χ2n) is 0.802. The third-order valence-corrected chi connectivity index (χ3v) is 0.543. The monoisotopic (exact) mass is 98.0 g/mol. The van der Waals surface area contributed by atoms with Gasteiger partial charge in [-0.1, -0.05) is 12.2 Å². The van der Waals surface area contributed by atoms with Crippen molar-refractivity contribution in [3.05, 3.63) is 0 Å². The zero-order chi connectivity index (χ0) is 4.83. The van der Waals surface area contributed by atoms with Crippen molar-refractivity contribution in [2.24, 2.45) is 0 Å². The molecular weight excluding hydrogens is 94.1 g/mol. The summed E-state index contributed by atoms with van der Waals surface area (Å²) in [6.45, 7) is 0. The fourth-order valence-corrected chi connectivity index (χ4v) is 0.209. The first-order valence-electron chi connectivity index (χ1n) is 1.63. The van der Waals surface area contributed by atoms with Crippen LogP contribution < -0.4 is 0 Å². The number of hydrogen-bond acceptors (Lipinski definition) is 2. The molecule has 0 unspecified atom stereocenters. The van der Waals surface area contributed by atoms with Crippen molar-refractivity contribution in [1.29, 1.82) is 5.26 Å². The third kappa shape index (κ3) is 3.58. The van der Waals surface area contributed by atoms with Crippen molar-refractivity contribution in [2.45, 2.75) is 12.8 Å². The van der Waals surface area contributed by atoms with Crippen LogP contribution in [0, 0.1) is 11.3 Å². The molecule has 0 aromatic heterocycles. The van der Waals surface area contributed by atoms with Crippen LogP contribution in [0.2, 0.25) is 0 Å². The molecular formula is C4H4NS. The lowest BCUT2D eigenvalue weighted by molar-refractivity contribution is 1.14. The molecule has 0 atom stereocenters. The number of unbranched alkanes of at least 4 members (excludes halogenated alkanes) is 1. The van der Waals surface area contributed by atoms with Gasteiger partial charge in [0.25, 0.3) is 0 Å². The molecule has 31 valence electrons. The Kier molecular flexibility index (Phi) is 4.26. The minimum atomic E-state index is 0.503. The van der Waals surface area contributed by atoms with Crippen molar-refractivity contribution < 1.29 is 0 Å². The summed E-state index contributed by atoms with van der Waals surface area (Å²) in [4.78, 5) is 0. The smallest absolute Gasteiger partial charge is 0.0625 e. The van der Waals surface area contributed by atoms with E-state index in [9.17, 15) is 0 Å². The molecule has 0 saturated heterocycles. The van der Waals surface area contributed by atoms with Gasteiger partial charge in [-0.25, -0.2) is 0 Å². The number of nitriles is 1. The molecule has 0 aliphatic heterocycles. The molecule has 0 amide bonds. The van der Waals surface area contributed by atoms with Crippen LogP contribution in [0.5, 0.6) is 0 Å². The van der Waals surface area contributed by atoms with Crippen LogP contribution in [0.3, 0.4) is 0 Å². The predicted octanol–water partition coefficient (Wildman–Crippen LogP) is 1.17. The molecule has 0 saturated carbocycles. The van der Waals surface area contributed by atoms with Crippen molar-refractivity contribution in [3.63, 3.8) is 0 Å². The molecule has 0 spiro atoms. The maximum absolute atomic E-state index is 7.86. The molecule has 0 aliphatic rings. The molecule has 6 heavy (non-hydrogen) atoms. The van der Waals surface area contributed by atoms with Gasteiger partial charge in [-0.15, -0.1) is 0 Å². The molecule has 0 aromatic carbocycles. The fraction of sp³-hybridized carbons (Fsp3) is 0.500. The quantitative estimate of drug-likeness (QED) is 0.382. The molecule has 1 radical (unpaired) electrons. The van der Waals surface area contributed by atoms with E-state index in [1.165, 1.54) is 0 Å². The summed E-state index contributed by atoms with van der Waals surface area (Å²) in [7, 11) is 0. The average molecular weight is 98.2 g/mol. The summed E-state index contributed by atoms with van der Waals surface area (Å²) in [6, 6.07) is 1.94. The number of rotatable bonds is 2. The van der Waals surface area contributed by atoms with Crippen LogP contribution in [-0.4, -0.2) is 5.37 Å². The number of thiocarbonyl (C=S) groups is 1. The Balaban J connectivity index is 2.72. The van der Waals surface area contributed by atoms with Crippen LogP contribution in [-0.2, 0) is 0 Å². The zero-order valence-electron chi connectivity index (χ0n) is 3.27. The van der Waals surface area contributed by atoms with Gasteiger partial charge in [-0.3, -0.25) is 0 Å². The van der Waals surface area contributed by atoms with Gasteiger partial charge >= 0.3 is 0 Å². The molecule has 0 N–H and O–H groups in total. The summed E-state index contributed by atoms with van der Waals surface area (Å²) in [5.74, 6) is 0. The maximum Gasteiger partial charge on any atom is 0.0625 e. The number of hydrogen-bond donors (Lipinski definition) is 0. The molecule has 0 aromatic rings. The van der Waals surface area contributed by atoms with Gasteiger partial charge in [0.2, 0.25) is 0 Å². The predicted molar refractivity (Wildman–Crippen MR) is 27.4 cm³/mol. The average Bonchev–Trinajstić information content (AvgIpc) is 1.61. The largest absolute Gasteiger partial charge is 0.198 e. The van der Waals surface area contributed by atoms with Crippen LogP contribution in [0.15, 0.2) is 0 Å². The lowest BCUT2D eigenvalue weighted by atomic mass is 10.4. The Labute approximate surface area is 42.6 Å². The maximum atomic E-state index is 7.86. The Morgan fingerprint density at radius 1 is 1.50 bits per heavy atom. The molecule has 0 rings (SSSR count). The van der Waals surface area contributed by atoms with Gasteiger partial charge in [0.05, 0.1) is 6.07 Å². The molecule has 1 nitrogen and oxygen atoms in total. The first kappa shape index (κ1) is 5.58. The lowest BCUT2D eigenvalue weighted by Gasteiger charge is -1.67. The highest BCUT2D eigenvalue weighted by Crippen LogP contribution is 1.77. The molecule has 0 fully saturated rings. The fourth-order valence-electron chi connectivity index (χ4n) is 0.107. The molecule has 0 heterocycles. The molecule has 0 aliphatic carbocycles. The summed E-state index contributed by atoms with van der Waals surface area (Å²) in [6.07, 6.45) is 1.12. The van der Waals surface area contributed by atoms with Crippen molar-refractivity contribution in [1.82, 2.24) is 0 Å². The van der Waals surface area contributed by atoms with Crippen LogP contribution >= 0.6 is 12.2 Å². The van der Waals surface area contributed by atoms with Gasteiger partial charge in [0.1, 0.15) is 0 Å². The standard InChI is InChI=1S/C4H4NS/c5-3-1-2-4-6/h1-2H2. The van der Waals surface area contributed by atoms with E-state index in [-0.39, 0.29) is 0 Å². The third-order valence-electron chi connectivity index (χ3n) is 0.339. The van der Waals surface area contributed by atoms with Crippen molar-refractivity contribution in [2.75, 3.05) is 0 Å². The van der Waals surface area contributed by atoms with E-state index in [2.05, 4.69) is 17.6 Å². The first-order valence-corrected chi connectivity index (χ1v) is 2.04. The second-order valence-corrected chi connectivity index (χ2v) is 1.09. The highest BCUT2D eigenvalue weighted by atomic mass is 32.1. The van der Waals surface area contributed by atoms with Crippen molar-refractivity contribution in [3.8, 4) is 6.07 Å². The topological polar surface area (TPSA) is 23.8 Å². The Morgan fingerprint density at radius 2 is 2.17 bits per heavy atom. The van der Waals surface area contributed by atoms with Gasteiger partial charge in [-0.2, -0.15) is 5.26 Å². The van der Waals surface area contributed by atoms with E-state index < -0.39 is 0 Å². The minimum absolute atomic E-state index is 0.503. The van der Waals surface area contributed by atoms with Crippen LogP contribution in [0.1, 0.15) is 12.8 Å². The highest BCUT2D eigenvalue weighted by Gasteiger charge is 1.72. The van der Waals surface area contributed by atoms with E-state index >= 15 is 0 Å². The van der Waals surface area contributed by atoms with Gasteiger partial charge in [0, 0.05) is 11.8 Å². The van der Waals surface area contributed by atoms with Crippen LogP contribution in [0.4, 0.5) is 0 Å².